The van der Waals surface area contributed by atoms with Crippen molar-refractivity contribution in [3.8, 4) is 5.75 Å². The van der Waals surface area contributed by atoms with Crippen LogP contribution in [0.15, 0.2) is 23.1 Å². The van der Waals surface area contributed by atoms with E-state index >= 15 is 0 Å². The van der Waals surface area contributed by atoms with Crippen LogP contribution in [0.5, 0.6) is 5.75 Å². The van der Waals surface area contributed by atoms with Gasteiger partial charge in [0.15, 0.2) is 0 Å². The van der Waals surface area contributed by atoms with Crippen molar-refractivity contribution in [1.29, 1.82) is 0 Å². The van der Waals surface area contributed by atoms with Crippen LogP contribution in [-0.2, 0) is 10.0 Å². The predicted octanol–water partition coefficient (Wildman–Crippen LogP) is 1.21. The van der Waals surface area contributed by atoms with Gasteiger partial charge in [0.1, 0.15) is 10.6 Å². The third kappa shape index (κ3) is 3.61. The van der Waals surface area contributed by atoms with Crippen LogP contribution in [0.3, 0.4) is 0 Å². The van der Waals surface area contributed by atoms with Gasteiger partial charge in [-0.1, -0.05) is 13.8 Å². The number of hydrogen-bond donors (Lipinski definition) is 2. The fourth-order valence-corrected chi connectivity index (χ4v) is 2.07. The molecule has 1 rings (SSSR count). The van der Waals surface area contributed by atoms with Crippen molar-refractivity contribution in [2.75, 3.05) is 19.4 Å². The molecule has 1 aromatic rings. The summed E-state index contributed by atoms with van der Waals surface area (Å²) in [6, 6.07) is 4.56. The predicted molar refractivity (Wildman–Crippen MR) is 67.4 cm³/mol. The highest BCUT2D eigenvalue weighted by Gasteiger charge is 2.15. The van der Waals surface area contributed by atoms with Gasteiger partial charge in [-0.3, -0.25) is 0 Å². The van der Waals surface area contributed by atoms with Gasteiger partial charge in [-0.05, 0) is 25.1 Å². The Morgan fingerprint density at radius 3 is 2.53 bits per heavy atom. The fourth-order valence-electron chi connectivity index (χ4n) is 1.23. The first-order chi connectivity index (χ1) is 7.86. The quantitative estimate of drug-likeness (QED) is 0.778. The second kappa shape index (κ2) is 5.37. The van der Waals surface area contributed by atoms with Gasteiger partial charge < -0.3 is 10.5 Å². The molecule has 0 unspecified atom stereocenters. The van der Waals surface area contributed by atoms with Gasteiger partial charge in [-0.2, -0.15) is 0 Å². The average Bonchev–Trinajstić information content (AvgIpc) is 2.26. The maximum Gasteiger partial charge on any atom is 0.242 e. The summed E-state index contributed by atoms with van der Waals surface area (Å²) in [4.78, 5) is 0.0666. The van der Waals surface area contributed by atoms with Gasteiger partial charge in [-0.25, -0.2) is 13.1 Å². The van der Waals surface area contributed by atoms with E-state index in [0.29, 0.717) is 18.3 Å². The lowest BCUT2D eigenvalue weighted by Crippen LogP contribution is -2.19. The summed E-state index contributed by atoms with van der Waals surface area (Å²) in [6.45, 7) is 4.63. The Kier molecular flexibility index (Phi) is 4.36. The van der Waals surface area contributed by atoms with Crippen molar-refractivity contribution >= 4 is 15.7 Å². The number of nitrogens with two attached hydrogens (primary N) is 1. The Morgan fingerprint density at radius 2 is 2.06 bits per heavy atom. The van der Waals surface area contributed by atoms with E-state index in [2.05, 4.69) is 4.72 Å². The van der Waals surface area contributed by atoms with Gasteiger partial charge in [0.25, 0.3) is 0 Å². The molecule has 17 heavy (non-hydrogen) atoms. The maximum absolute atomic E-state index is 11.6. The van der Waals surface area contributed by atoms with Crippen molar-refractivity contribution < 1.29 is 13.2 Å². The van der Waals surface area contributed by atoms with E-state index in [4.69, 9.17) is 10.5 Å². The number of nitrogen functional groups attached to an aromatic ring is 1. The van der Waals surface area contributed by atoms with Crippen LogP contribution in [0, 0.1) is 5.92 Å². The molecule has 0 saturated heterocycles. The summed E-state index contributed by atoms with van der Waals surface area (Å²) in [6.07, 6.45) is 0. The van der Waals surface area contributed by atoms with Gasteiger partial charge >= 0.3 is 0 Å². The number of hydrogen-bond acceptors (Lipinski definition) is 4. The van der Waals surface area contributed by atoms with Crippen LogP contribution in [0.4, 0.5) is 5.69 Å². The van der Waals surface area contributed by atoms with Crippen LogP contribution < -0.4 is 15.2 Å². The Labute approximate surface area is 102 Å². The van der Waals surface area contributed by atoms with Crippen LogP contribution in [0.1, 0.15) is 13.8 Å². The minimum atomic E-state index is -3.51. The molecule has 0 aliphatic heterocycles. The molecule has 0 saturated carbocycles. The Hall–Kier alpha value is -1.27. The fraction of sp³-hybridized carbons (Fsp3) is 0.455. The molecule has 0 bridgehead atoms. The molecule has 0 atom stereocenters. The molecule has 0 heterocycles. The third-order valence-electron chi connectivity index (χ3n) is 2.12. The van der Waals surface area contributed by atoms with E-state index in [-0.39, 0.29) is 10.6 Å². The monoisotopic (exact) mass is 258 g/mol. The van der Waals surface area contributed by atoms with Crippen molar-refractivity contribution in [3.05, 3.63) is 18.2 Å². The minimum Gasteiger partial charge on any atom is -0.493 e. The Balaban J connectivity index is 2.95. The van der Waals surface area contributed by atoms with E-state index in [1.54, 1.807) is 6.07 Å². The van der Waals surface area contributed by atoms with Crippen LogP contribution in [-0.4, -0.2) is 22.1 Å². The van der Waals surface area contributed by atoms with E-state index < -0.39 is 10.0 Å². The molecule has 0 aromatic heterocycles. The normalized spacial score (nSPS) is 11.8. The second-order valence-corrected chi connectivity index (χ2v) is 5.97. The highest BCUT2D eigenvalue weighted by Crippen LogP contribution is 2.23. The second-order valence-electron chi connectivity index (χ2n) is 4.11. The molecule has 0 radical (unpaired) electrons. The molecule has 0 amide bonds. The molecule has 0 aliphatic carbocycles. The minimum absolute atomic E-state index is 0.0666. The largest absolute Gasteiger partial charge is 0.493 e. The van der Waals surface area contributed by atoms with Crippen molar-refractivity contribution in [3.63, 3.8) is 0 Å². The molecule has 0 fully saturated rings. The summed E-state index contributed by atoms with van der Waals surface area (Å²) >= 11 is 0. The molecule has 5 nitrogen and oxygen atoms in total. The van der Waals surface area contributed by atoms with Crippen molar-refractivity contribution in [2.45, 2.75) is 18.7 Å². The molecule has 3 N–H and O–H groups in total. The lowest BCUT2D eigenvalue weighted by molar-refractivity contribution is 0.271. The highest BCUT2D eigenvalue weighted by atomic mass is 32.2. The van der Waals surface area contributed by atoms with E-state index in [1.807, 2.05) is 13.8 Å². The summed E-state index contributed by atoms with van der Waals surface area (Å²) in [5.74, 6) is 0.975. The van der Waals surface area contributed by atoms with Gasteiger partial charge in [0.2, 0.25) is 10.0 Å². The number of anilines is 1. The first kappa shape index (κ1) is 13.8. The maximum atomic E-state index is 11.6. The molecule has 6 heteroatoms. The van der Waals surface area contributed by atoms with Gasteiger partial charge in [0, 0.05) is 6.07 Å². The molecular formula is C11H18N2O3S. The summed E-state index contributed by atoms with van der Waals surface area (Å²) < 4.78 is 30.8. The number of rotatable bonds is 5. The number of sulfonamides is 1. The summed E-state index contributed by atoms with van der Waals surface area (Å²) in [5.41, 5.74) is 5.87. The number of nitrogens with one attached hydrogen (secondary N) is 1. The zero-order valence-electron chi connectivity index (χ0n) is 10.2. The highest BCUT2D eigenvalue weighted by molar-refractivity contribution is 7.89. The third-order valence-corrected chi connectivity index (χ3v) is 3.61. The lowest BCUT2D eigenvalue weighted by Gasteiger charge is -2.11. The van der Waals surface area contributed by atoms with Crippen LogP contribution in [0.2, 0.25) is 0 Å². The topological polar surface area (TPSA) is 81.4 Å². The van der Waals surface area contributed by atoms with Crippen molar-refractivity contribution in [2.24, 2.45) is 5.92 Å². The molecule has 96 valence electrons. The lowest BCUT2D eigenvalue weighted by atomic mass is 10.2. The van der Waals surface area contributed by atoms with Gasteiger partial charge in [-0.15, -0.1) is 0 Å². The summed E-state index contributed by atoms with van der Waals surface area (Å²) in [5, 5.41) is 0. The molecule has 0 aliphatic rings. The molecule has 0 spiro atoms. The van der Waals surface area contributed by atoms with Crippen LogP contribution in [0.25, 0.3) is 0 Å². The number of benzene rings is 1. The number of ether oxygens (including phenoxy) is 1. The first-order valence-electron chi connectivity index (χ1n) is 5.32. The molecular weight excluding hydrogens is 240 g/mol. The van der Waals surface area contributed by atoms with Crippen molar-refractivity contribution in [1.82, 2.24) is 4.72 Å². The summed E-state index contributed by atoms with van der Waals surface area (Å²) in [7, 11) is -2.16. The zero-order valence-corrected chi connectivity index (χ0v) is 11.0. The standard InChI is InChI=1S/C11H18N2O3S/c1-8(2)7-16-9-4-5-11(10(12)6-9)17(14,15)13-3/h4-6,8,13H,7,12H2,1-3H3. The smallest absolute Gasteiger partial charge is 0.242 e. The Morgan fingerprint density at radius 1 is 1.41 bits per heavy atom. The zero-order chi connectivity index (χ0) is 13.1. The molecule has 1 aromatic carbocycles. The van der Waals surface area contributed by atoms with Gasteiger partial charge in [0.05, 0.1) is 12.3 Å². The van der Waals surface area contributed by atoms with E-state index in [9.17, 15) is 8.42 Å². The average molecular weight is 258 g/mol. The van der Waals surface area contributed by atoms with Crippen LogP contribution >= 0.6 is 0 Å². The first-order valence-corrected chi connectivity index (χ1v) is 6.81. The SMILES string of the molecule is CNS(=O)(=O)c1ccc(OCC(C)C)cc1N. The Bertz CT molecular complexity index is 483. The van der Waals surface area contributed by atoms with E-state index in [1.165, 1.54) is 19.2 Å². The van der Waals surface area contributed by atoms with E-state index in [0.717, 1.165) is 0 Å².